The van der Waals surface area contributed by atoms with Crippen molar-refractivity contribution in [2.24, 2.45) is 10.7 Å². The summed E-state index contributed by atoms with van der Waals surface area (Å²) in [4.78, 5) is 37.3. The average Bonchev–Trinajstić information content (AvgIpc) is 2.84. The number of rotatable bonds is 7. The maximum absolute atomic E-state index is 13.3. The lowest BCUT2D eigenvalue weighted by molar-refractivity contribution is -0.0594. The number of nitrogens with two attached hydrogens (primary N) is 1. The molecule has 0 aliphatic rings. The van der Waals surface area contributed by atoms with Gasteiger partial charge >= 0.3 is 6.18 Å². The Morgan fingerprint density at radius 1 is 1.22 bits per heavy atom. The SMILES string of the molecule is CC(=NCCc1ncc(C(=O)Nc2c(C)cc(C#N)cc2C(N)=O)c(-c2ccccc2Cl)n1)C(F)(F)F. The van der Waals surface area contributed by atoms with Gasteiger partial charge in [-0.25, -0.2) is 9.97 Å². The molecule has 0 saturated carbocycles. The number of hydrogen-bond acceptors (Lipinski definition) is 6. The molecule has 3 rings (SSSR count). The molecule has 0 saturated heterocycles. The van der Waals surface area contributed by atoms with Crippen LogP contribution in [0.15, 0.2) is 47.6 Å². The summed E-state index contributed by atoms with van der Waals surface area (Å²) in [5, 5.41) is 12.1. The first kappa shape index (κ1) is 27.3. The molecule has 0 unspecified atom stereocenters. The second kappa shape index (κ2) is 11.2. The number of anilines is 1. The van der Waals surface area contributed by atoms with Gasteiger partial charge in [-0.1, -0.05) is 29.8 Å². The smallest absolute Gasteiger partial charge is 0.366 e. The Morgan fingerprint density at radius 3 is 2.54 bits per heavy atom. The third-order valence-electron chi connectivity index (χ3n) is 5.28. The van der Waals surface area contributed by atoms with Crippen molar-refractivity contribution in [2.75, 3.05) is 11.9 Å². The maximum atomic E-state index is 13.3. The highest BCUT2D eigenvalue weighted by Crippen LogP contribution is 2.30. The zero-order valence-corrected chi connectivity index (χ0v) is 20.4. The number of carbonyl (C=O) groups is 2. The van der Waals surface area contributed by atoms with E-state index in [1.54, 1.807) is 31.2 Å². The Hall–Kier alpha value is -4.30. The van der Waals surface area contributed by atoms with Crippen LogP contribution in [0.4, 0.5) is 18.9 Å². The summed E-state index contributed by atoms with van der Waals surface area (Å²) in [5.74, 6) is -1.39. The molecule has 37 heavy (non-hydrogen) atoms. The highest BCUT2D eigenvalue weighted by Gasteiger charge is 2.31. The summed E-state index contributed by atoms with van der Waals surface area (Å²) in [6.07, 6.45) is -3.33. The molecule has 0 fully saturated rings. The van der Waals surface area contributed by atoms with Gasteiger partial charge in [0, 0.05) is 29.7 Å². The van der Waals surface area contributed by atoms with Crippen molar-refractivity contribution in [2.45, 2.75) is 26.4 Å². The number of amides is 2. The largest absolute Gasteiger partial charge is 0.428 e. The minimum atomic E-state index is -4.53. The zero-order valence-electron chi connectivity index (χ0n) is 19.7. The fraction of sp³-hybridized carbons (Fsp3) is 0.200. The van der Waals surface area contributed by atoms with Crippen LogP contribution in [-0.4, -0.2) is 40.2 Å². The van der Waals surface area contributed by atoms with Crippen LogP contribution in [0.1, 0.15) is 44.6 Å². The molecule has 0 aliphatic carbocycles. The number of primary amides is 1. The molecule has 0 spiro atoms. The van der Waals surface area contributed by atoms with Crippen LogP contribution in [0.5, 0.6) is 0 Å². The lowest BCUT2D eigenvalue weighted by Crippen LogP contribution is -2.21. The summed E-state index contributed by atoms with van der Waals surface area (Å²) < 4.78 is 38.1. The van der Waals surface area contributed by atoms with E-state index in [9.17, 15) is 28.0 Å². The lowest BCUT2D eigenvalue weighted by atomic mass is 10.0. The zero-order chi connectivity index (χ0) is 27.3. The molecule has 8 nitrogen and oxygen atoms in total. The first-order valence-electron chi connectivity index (χ1n) is 10.8. The van der Waals surface area contributed by atoms with Gasteiger partial charge in [-0.15, -0.1) is 0 Å². The summed E-state index contributed by atoms with van der Waals surface area (Å²) in [6, 6.07) is 11.3. The van der Waals surface area contributed by atoms with Crippen LogP contribution in [-0.2, 0) is 6.42 Å². The summed E-state index contributed by atoms with van der Waals surface area (Å²) in [6.45, 7) is 2.25. The quantitative estimate of drug-likeness (QED) is 0.421. The monoisotopic (exact) mass is 528 g/mol. The molecule has 1 heterocycles. The highest BCUT2D eigenvalue weighted by atomic mass is 35.5. The van der Waals surface area contributed by atoms with Crippen molar-refractivity contribution in [3.63, 3.8) is 0 Å². The molecule has 2 amide bonds. The van der Waals surface area contributed by atoms with E-state index in [0.717, 1.165) is 6.92 Å². The standard InChI is InChI=1S/C25H20ClF3N6O2/c1-13-9-15(11-30)10-17(23(31)36)21(13)35-24(37)18-12-33-20(7-8-32-14(2)25(27,28)29)34-22(18)16-5-3-4-6-19(16)26/h3-6,9-10,12H,7-8H2,1-2H3,(H2,31,36)(H,35,37). The van der Waals surface area contributed by atoms with Crippen molar-refractivity contribution < 1.29 is 22.8 Å². The van der Waals surface area contributed by atoms with Crippen molar-refractivity contribution >= 4 is 34.8 Å². The van der Waals surface area contributed by atoms with Crippen molar-refractivity contribution in [1.29, 1.82) is 5.26 Å². The summed E-state index contributed by atoms with van der Waals surface area (Å²) in [7, 11) is 0. The fourth-order valence-electron chi connectivity index (χ4n) is 3.37. The van der Waals surface area contributed by atoms with Crippen LogP contribution in [0.2, 0.25) is 5.02 Å². The van der Waals surface area contributed by atoms with Gasteiger partial charge in [-0.3, -0.25) is 14.6 Å². The van der Waals surface area contributed by atoms with Crippen LogP contribution < -0.4 is 11.1 Å². The van der Waals surface area contributed by atoms with Crippen LogP contribution >= 0.6 is 11.6 Å². The van der Waals surface area contributed by atoms with Crippen molar-refractivity contribution in [1.82, 2.24) is 9.97 Å². The third kappa shape index (κ3) is 6.48. The number of halogens is 4. The lowest BCUT2D eigenvalue weighted by Gasteiger charge is -2.15. The van der Waals surface area contributed by atoms with E-state index >= 15 is 0 Å². The molecule has 0 atom stereocenters. The number of nitriles is 1. The van der Waals surface area contributed by atoms with E-state index in [1.807, 2.05) is 6.07 Å². The number of nitrogens with one attached hydrogen (secondary N) is 1. The molecule has 190 valence electrons. The number of carbonyl (C=O) groups excluding carboxylic acids is 2. The van der Waals surface area contributed by atoms with Crippen LogP contribution in [0.3, 0.4) is 0 Å². The molecule has 3 aromatic rings. The Bertz CT molecular complexity index is 1450. The van der Waals surface area contributed by atoms with Gasteiger partial charge < -0.3 is 11.1 Å². The number of hydrogen-bond donors (Lipinski definition) is 2. The first-order chi connectivity index (χ1) is 17.4. The van der Waals surface area contributed by atoms with Gasteiger partial charge in [-0.2, -0.15) is 18.4 Å². The fourth-order valence-corrected chi connectivity index (χ4v) is 3.59. The predicted molar refractivity (Wildman–Crippen MR) is 133 cm³/mol. The van der Waals surface area contributed by atoms with E-state index in [4.69, 9.17) is 17.3 Å². The van der Waals surface area contributed by atoms with Gasteiger partial charge in [-0.05, 0) is 37.6 Å². The minimum absolute atomic E-state index is 0.00833. The molecular weight excluding hydrogens is 509 g/mol. The van der Waals surface area contributed by atoms with E-state index in [1.165, 1.54) is 18.3 Å². The number of benzene rings is 2. The predicted octanol–water partition coefficient (Wildman–Crippen LogP) is 4.89. The van der Waals surface area contributed by atoms with Gasteiger partial charge in [0.05, 0.1) is 34.1 Å². The van der Waals surface area contributed by atoms with E-state index < -0.39 is 23.7 Å². The first-order valence-corrected chi connectivity index (χ1v) is 11.1. The summed E-state index contributed by atoms with van der Waals surface area (Å²) >= 11 is 6.34. The Balaban J connectivity index is 2.02. The second-order valence-corrected chi connectivity index (χ2v) is 8.30. The van der Waals surface area contributed by atoms with E-state index in [0.29, 0.717) is 11.1 Å². The second-order valence-electron chi connectivity index (χ2n) is 7.89. The number of aromatic nitrogens is 2. The number of alkyl halides is 3. The Morgan fingerprint density at radius 2 is 1.92 bits per heavy atom. The van der Waals surface area contributed by atoms with E-state index in [-0.39, 0.29) is 51.9 Å². The van der Waals surface area contributed by atoms with Gasteiger partial charge in [0.2, 0.25) is 0 Å². The van der Waals surface area contributed by atoms with Crippen molar-refractivity contribution in [3.8, 4) is 17.3 Å². The molecule has 0 radical (unpaired) electrons. The van der Waals surface area contributed by atoms with Crippen LogP contribution in [0, 0.1) is 18.3 Å². The maximum Gasteiger partial charge on any atom is 0.428 e. The highest BCUT2D eigenvalue weighted by molar-refractivity contribution is 6.33. The third-order valence-corrected chi connectivity index (χ3v) is 5.61. The number of aryl methyl sites for hydroxylation is 1. The average molecular weight is 529 g/mol. The van der Waals surface area contributed by atoms with Gasteiger partial charge in [0.15, 0.2) is 0 Å². The topological polar surface area (TPSA) is 134 Å². The van der Waals surface area contributed by atoms with Crippen molar-refractivity contribution in [3.05, 3.63) is 75.7 Å². The molecule has 2 aromatic carbocycles. The molecule has 0 bridgehead atoms. The minimum Gasteiger partial charge on any atom is -0.366 e. The summed E-state index contributed by atoms with van der Waals surface area (Å²) in [5.41, 5.74) is 5.67. The molecule has 0 aliphatic heterocycles. The Kier molecular flexibility index (Phi) is 8.24. The number of aliphatic imine (C=N–C) groups is 1. The van der Waals surface area contributed by atoms with E-state index in [2.05, 4.69) is 20.3 Å². The molecule has 3 N–H and O–H groups in total. The van der Waals surface area contributed by atoms with Gasteiger partial charge in [0.1, 0.15) is 11.5 Å². The number of nitrogens with zero attached hydrogens (tertiary/aromatic N) is 4. The molecule has 12 heteroatoms. The molecular formula is C25H20ClF3N6O2. The molecule has 1 aromatic heterocycles. The van der Waals surface area contributed by atoms with Gasteiger partial charge in [0.25, 0.3) is 11.8 Å². The Labute approximate surface area is 215 Å². The van der Waals surface area contributed by atoms with Crippen LogP contribution in [0.25, 0.3) is 11.3 Å². The normalized spacial score (nSPS) is 11.6.